The lowest BCUT2D eigenvalue weighted by Crippen LogP contribution is -2.11. The van der Waals surface area contributed by atoms with Gasteiger partial charge < -0.3 is 5.32 Å². The van der Waals surface area contributed by atoms with E-state index in [1.165, 1.54) is 11.6 Å². The maximum absolute atomic E-state index is 13.5. The van der Waals surface area contributed by atoms with E-state index in [1.807, 2.05) is 13.0 Å². The molecular formula is C17H19ClFN. The SMILES string of the molecule is CCNCc1ccc(C)c(-c2cc(C)c(F)cc2Cl)c1. The summed E-state index contributed by atoms with van der Waals surface area (Å²) in [4.78, 5) is 0. The van der Waals surface area contributed by atoms with Crippen LogP contribution < -0.4 is 5.32 Å². The third kappa shape index (κ3) is 3.20. The van der Waals surface area contributed by atoms with Crippen molar-refractivity contribution in [2.45, 2.75) is 27.3 Å². The Bertz CT molecular complexity index is 623. The average molecular weight is 292 g/mol. The quantitative estimate of drug-likeness (QED) is 0.847. The summed E-state index contributed by atoms with van der Waals surface area (Å²) < 4.78 is 13.5. The molecule has 0 amide bonds. The Kier molecular flexibility index (Phi) is 4.79. The lowest BCUT2D eigenvalue weighted by molar-refractivity contribution is 0.619. The van der Waals surface area contributed by atoms with Crippen LogP contribution in [0.25, 0.3) is 11.1 Å². The van der Waals surface area contributed by atoms with E-state index in [2.05, 4.69) is 30.4 Å². The van der Waals surface area contributed by atoms with Crippen LogP contribution in [0.5, 0.6) is 0 Å². The molecule has 0 heterocycles. The van der Waals surface area contributed by atoms with Crippen LogP contribution in [-0.2, 0) is 6.54 Å². The number of benzene rings is 2. The number of hydrogen-bond acceptors (Lipinski definition) is 1. The van der Waals surface area contributed by atoms with Gasteiger partial charge in [-0.25, -0.2) is 4.39 Å². The molecule has 20 heavy (non-hydrogen) atoms. The van der Waals surface area contributed by atoms with E-state index in [1.54, 1.807) is 6.92 Å². The van der Waals surface area contributed by atoms with Gasteiger partial charge in [-0.05, 0) is 60.8 Å². The predicted octanol–water partition coefficient (Wildman–Crippen LogP) is 4.87. The maximum Gasteiger partial charge on any atom is 0.127 e. The molecule has 0 spiro atoms. The largest absolute Gasteiger partial charge is 0.313 e. The van der Waals surface area contributed by atoms with Crippen LogP contribution in [0, 0.1) is 19.7 Å². The molecule has 0 aliphatic heterocycles. The molecule has 3 heteroatoms. The van der Waals surface area contributed by atoms with Crippen molar-refractivity contribution in [3.8, 4) is 11.1 Å². The highest BCUT2D eigenvalue weighted by atomic mass is 35.5. The lowest BCUT2D eigenvalue weighted by Gasteiger charge is -2.12. The fourth-order valence-electron chi connectivity index (χ4n) is 2.20. The van der Waals surface area contributed by atoms with Crippen LogP contribution in [-0.4, -0.2) is 6.54 Å². The van der Waals surface area contributed by atoms with E-state index in [9.17, 15) is 4.39 Å². The van der Waals surface area contributed by atoms with Crippen LogP contribution >= 0.6 is 11.6 Å². The molecule has 0 unspecified atom stereocenters. The van der Waals surface area contributed by atoms with Gasteiger partial charge in [-0.2, -0.15) is 0 Å². The molecule has 106 valence electrons. The summed E-state index contributed by atoms with van der Waals surface area (Å²) in [6.45, 7) is 7.63. The minimum atomic E-state index is -0.264. The molecule has 2 aromatic rings. The summed E-state index contributed by atoms with van der Waals surface area (Å²) in [6, 6.07) is 9.51. The van der Waals surface area contributed by atoms with Crippen molar-refractivity contribution in [2.24, 2.45) is 0 Å². The molecule has 0 fully saturated rings. The maximum atomic E-state index is 13.5. The Labute approximate surface area is 124 Å². The van der Waals surface area contributed by atoms with E-state index in [-0.39, 0.29) is 5.82 Å². The Morgan fingerprint density at radius 1 is 1.05 bits per heavy atom. The third-order valence-electron chi connectivity index (χ3n) is 3.42. The smallest absolute Gasteiger partial charge is 0.127 e. The third-order valence-corrected chi connectivity index (χ3v) is 3.73. The van der Waals surface area contributed by atoms with Gasteiger partial charge in [0.25, 0.3) is 0 Å². The average Bonchev–Trinajstić information content (AvgIpc) is 2.42. The molecule has 0 saturated carbocycles. The molecule has 0 aromatic heterocycles. The molecule has 1 nitrogen and oxygen atoms in total. The second kappa shape index (κ2) is 6.38. The highest BCUT2D eigenvalue weighted by Crippen LogP contribution is 2.33. The standard InChI is InChI=1S/C17H19ClFN/c1-4-20-10-13-6-5-11(2)14(8-13)15-7-12(3)17(19)9-16(15)18/h5-9,20H,4,10H2,1-3H3. The molecule has 0 saturated heterocycles. The zero-order valence-electron chi connectivity index (χ0n) is 12.1. The number of nitrogens with one attached hydrogen (secondary N) is 1. The summed E-state index contributed by atoms with van der Waals surface area (Å²) in [6.07, 6.45) is 0. The minimum Gasteiger partial charge on any atom is -0.313 e. The molecule has 0 atom stereocenters. The van der Waals surface area contributed by atoms with Crippen molar-refractivity contribution in [1.82, 2.24) is 5.32 Å². The summed E-state index contributed by atoms with van der Waals surface area (Å²) in [5.74, 6) is -0.264. The van der Waals surface area contributed by atoms with Crippen LogP contribution in [0.1, 0.15) is 23.6 Å². The first-order valence-electron chi connectivity index (χ1n) is 6.79. The second-order valence-electron chi connectivity index (χ2n) is 5.01. The van der Waals surface area contributed by atoms with Gasteiger partial charge in [-0.15, -0.1) is 0 Å². The topological polar surface area (TPSA) is 12.0 Å². The van der Waals surface area contributed by atoms with Crippen LogP contribution in [0.4, 0.5) is 4.39 Å². The molecule has 2 rings (SSSR count). The first-order valence-corrected chi connectivity index (χ1v) is 7.17. The van der Waals surface area contributed by atoms with Crippen molar-refractivity contribution in [3.05, 3.63) is 57.9 Å². The number of halogens is 2. The van der Waals surface area contributed by atoms with Gasteiger partial charge in [0, 0.05) is 12.1 Å². The fourth-order valence-corrected chi connectivity index (χ4v) is 2.45. The zero-order valence-corrected chi connectivity index (χ0v) is 12.8. The monoisotopic (exact) mass is 291 g/mol. The van der Waals surface area contributed by atoms with E-state index >= 15 is 0 Å². The molecule has 0 aliphatic rings. The summed E-state index contributed by atoms with van der Waals surface area (Å²) in [7, 11) is 0. The molecule has 1 N–H and O–H groups in total. The Morgan fingerprint density at radius 3 is 2.50 bits per heavy atom. The van der Waals surface area contributed by atoms with Gasteiger partial charge in [-0.3, -0.25) is 0 Å². The van der Waals surface area contributed by atoms with Gasteiger partial charge in [0.1, 0.15) is 5.82 Å². The molecule has 0 aliphatic carbocycles. The van der Waals surface area contributed by atoms with Crippen molar-refractivity contribution < 1.29 is 4.39 Å². The predicted molar refractivity (Wildman–Crippen MR) is 83.7 cm³/mol. The number of aryl methyl sites for hydroxylation is 2. The first-order chi connectivity index (χ1) is 9.52. The van der Waals surface area contributed by atoms with Crippen molar-refractivity contribution >= 4 is 11.6 Å². The molecule has 0 radical (unpaired) electrons. The van der Waals surface area contributed by atoms with Crippen molar-refractivity contribution in [1.29, 1.82) is 0 Å². The van der Waals surface area contributed by atoms with Gasteiger partial charge in [-0.1, -0.05) is 30.7 Å². The van der Waals surface area contributed by atoms with E-state index < -0.39 is 0 Å². The summed E-state index contributed by atoms with van der Waals surface area (Å²) in [5.41, 5.74) is 4.90. The van der Waals surface area contributed by atoms with E-state index in [0.717, 1.165) is 29.8 Å². The van der Waals surface area contributed by atoms with Crippen LogP contribution in [0.3, 0.4) is 0 Å². The van der Waals surface area contributed by atoms with E-state index in [4.69, 9.17) is 11.6 Å². The van der Waals surface area contributed by atoms with E-state index in [0.29, 0.717) is 10.6 Å². The van der Waals surface area contributed by atoms with Crippen LogP contribution in [0.15, 0.2) is 30.3 Å². The number of rotatable bonds is 4. The fraction of sp³-hybridized carbons (Fsp3) is 0.294. The summed E-state index contributed by atoms with van der Waals surface area (Å²) >= 11 is 6.21. The minimum absolute atomic E-state index is 0.264. The Hall–Kier alpha value is -1.38. The molecule has 0 bridgehead atoms. The van der Waals surface area contributed by atoms with Crippen molar-refractivity contribution in [2.75, 3.05) is 6.54 Å². The Balaban J connectivity index is 2.48. The lowest BCUT2D eigenvalue weighted by atomic mass is 9.96. The normalized spacial score (nSPS) is 10.8. The van der Waals surface area contributed by atoms with Crippen molar-refractivity contribution in [3.63, 3.8) is 0 Å². The van der Waals surface area contributed by atoms with Gasteiger partial charge >= 0.3 is 0 Å². The highest BCUT2D eigenvalue weighted by Gasteiger charge is 2.10. The second-order valence-corrected chi connectivity index (χ2v) is 5.42. The first kappa shape index (κ1) is 15.0. The molecular weight excluding hydrogens is 273 g/mol. The highest BCUT2D eigenvalue weighted by molar-refractivity contribution is 6.33. The van der Waals surface area contributed by atoms with Gasteiger partial charge in [0.15, 0.2) is 0 Å². The zero-order chi connectivity index (χ0) is 14.7. The van der Waals surface area contributed by atoms with Crippen LogP contribution in [0.2, 0.25) is 5.02 Å². The van der Waals surface area contributed by atoms with Gasteiger partial charge in [0.2, 0.25) is 0 Å². The molecule has 2 aromatic carbocycles. The van der Waals surface area contributed by atoms with Gasteiger partial charge in [0.05, 0.1) is 5.02 Å². The Morgan fingerprint density at radius 2 is 1.80 bits per heavy atom. The number of hydrogen-bond donors (Lipinski definition) is 1. The summed E-state index contributed by atoms with van der Waals surface area (Å²) in [5, 5.41) is 3.76.